The van der Waals surface area contributed by atoms with Gasteiger partial charge in [-0.05, 0) is 30.2 Å². The lowest BCUT2D eigenvalue weighted by Gasteiger charge is -2.10. The van der Waals surface area contributed by atoms with Crippen LogP contribution in [0.4, 0.5) is 5.69 Å². The Hall–Kier alpha value is -2.82. The van der Waals surface area contributed by atoms with E-state index in [-0.39, 0.29) is 18.4 Å². The van der Waals surface area contributed by atoms with Gasteiger partial charge in [-0.15, -0.1) is 0 Å². The maximum Gasteiger partial charge on any atom is 0.251 e. The molecule has 0 aromatic heterocycles. The zero-order valence-corrected chi connectivity index (χ0v) is 16.7. The number of benzene rings is 2. The molecule has 28 heavy (non-hydrogen) atoms. The molecule has 2 aromatic carbocycles. The van der Waals surface area contributed by atoms with Crippen molar-refractivity contribution in [2.45, 2.75) is 45.6 Å². The van der Waals surface area contributed by atoms with Crippen LogP contribution in [0, 0.1) is 0 Å². The fraction of sp³-hybridized carbons (Fsp3) is 0.391. The van der Waals surface area contributed by atoms with Crippen molar-refractivity contribution in [2.75, 3.05) is 18.4 Å². The first-order chi connectivity index (χ1) is 13.7. The van der Waals surface area contributed by atoms with Gasteiger partial charge in [-0.1, -0.05) is 69.0 Å². The van der Waals surface area contributed by atoms with Crippen molar-refractivity contribution >= 4 is 17.5 Å². The fourth-order valence-electron chi connectivity index (χ4n) is 2.85. The van der Waals surface area contributed by atoms with Crippen LogP contribution in [0.15, 0.2) is 54.6 Å². The van der Waals surface area contributed by atoms with Crippen LogP contribution >= 0.6 is 0 Å². The SMILES string of the molecule is CCCCCCCNC(=O)CNc1cccc(C(=O)NCc2ccccc2)c1. The Kier molecular flexibility index (Phi) is 9.62. The van der Waals surface area contributed by atoms with Crippen LogP contribution in [0.25, 0.3) is 0 Å². The molecule has 2 aromatic rings. The Bertz CT molecular complexity index is 732. The lowest BCUT2D eigenvalue weighted by molar-refractivity contribution is -0.119. The Morgan fingerprint density at radius 1 is 0.857 bits per heavy atom. The molecule has 0 spiro atoms. The highest BCUT2D eigenvalue weighted by Gasteiger charge is 2.07. The molecule has 0 radical (unpaired) electrons. The number of anilines is 1. The molecule has 0 fully saturated rings. The van der Waals surface area contributed by atoms with Crippen LogP contribution in [-0.2, 0) is 11.3 Å². The number of hydrogen-bond donors (Lipinski definition) is 3. The van der Waals surface area contributed by atoms with Gasteiger partial charge >= 0.3 is 0 Å². The van der Waals surface area contributed by atoms with E-state index in [0.717, 1.165) is 24.1 Å². The van der Waals surface area contributed by atoms with Gasteiger partial charge in [0.2, 0.25) is 5.91 Å². The second-order valence-electron chi connectivity index (χ2n) is 6.87. The maximum atomic E-state index is 12.3. The third-order valence-corrected chi connectivity index (χ3v) is 4.48. The van der Waals surface area contributed by atoms with E-state index in [1.54, 1.807) is 12.1 Å². The van der Waals surface area contributed by atoms with Gasteiger partial charge < -0.3 is 16.0 Å². The van der Waals surface area contributed by atoms with Crippen LogP contribution in [0.3, 0.4) is 0 Å². The van der Waals surface area contributed by atoms with Gasteiger partial charge in [-0.25, -0.2) is 0 Å². The van der Waals surface area contributed by atoms with Gasteiger partial charge in [0, 0.05) is 24.3 Å². The lowest BCUT2D eigenvalue weighted by atomic mass is 10.1. The minimum atomic E-state index is -0.135. The summed E-state index contributed by atoms with van der Waals surface area (Å²) in [6, 6.07) is 17.0. The Balaban J connectivity index is 1.71. The molecule has 150 valence electrons. The largest absolute Gasteiger partial charge is 0.376 e. The Labute approximate surface area is 167 Å². The highest BCUT2D eigenvalue weighted by Crippen LogP contribution is 2.11. The second-order valence-corrected chi connectivity index (χ2v) is 6.87. The van der Waals surface area contributed by atoms with Gasteiger partial charge in [0.25, 0.3) is 5.91 Å². The zero-order valence-electron chi connectivity index (χ0n) is 16.7. The molecule has 0 atom stereocenters. The van der Waals surface area contributed by atoms with Crippen molar-refractivity contribution in [1.29, 1.82) is 0 Å². The first-order valence-electron chi connectivity index (χ1n) is 10.1. The molecule has 3 N–H and O–H groups in total. The summed E-state index contributed by atoms with van der Waals surface area (Å²) >= 11 is 0. The van der Waals surface area contributed by atoms with Crippen LogP contribution < -0.4 is 16.0 Å². The summed E-state index contributed by atoms with van der Waals surface area (Å²) in [4.78, 5) is 24.3. The van der Waals surface area contributed by atoms with Gasteiger partial charge in [0.15, 0.2) is 0 Å². The van der Waals surface area contributed by atoms with E-state index < -0.39 is 0 Å². The summed E-state index contributed by atoms with van der Waals surface area (Å²) in [6.45, 7) is 3.59. The molecule has 2 rings (SSSR count). The number of carbonyl (C=O) groups is 2. The van der Waals surface area contributed by atoms with Crippen LogP contribution in [-0.4, -0.2) is 24.9 Å². The molecule has 0 aliphatic carbocycles. The van der Waals surface area contributed by atoms with Gasteiger partial charge in [0.05, 0.1) is 6.54 Å². The minimum absolute atomic E-state index is 0.0329. The first-order valence-corrected chi connectivity index (χ1v) is 10.1. The average molecular weight is 382 g/mol. The average Bonchev–Trinajstić information content (AvgIpc) is 2.74. The summed E-state index contributed by atoms with van der Waals surface area (Å²) in [5.41, 5.74) is 2.37. The highest BCUT2D eigenvalue weighted by molar-refractivity contribution is 5.95. The molecule has 0 aliphatic heterocycles. The van der Waals surface area contributed by atoms with Gasteiger partial charge in [-0.3, -0.25) is 9.59 Å². The number of unbranched alkanes of at least 4 members (excludes halogenated alkanes) is 4. The monoisotopic (exact) mass is 381 g/mol. The molecule has 0 unspecified atom stereocenters. The quantitative estimate of drug-likeness (QED) is 0.485. The molecular weight excluding hydrogens is 350 g/mol. The van der Waals surface area contributed by atoms with Crippen molar-refractivity contribution in [1.82, 2.24) is 10.6 Å². The third kappa shape index (κ3) is 8.25. The van der Waals surface area contributed by atoms with Crippen molar-refractivity contribution < 1.29 is 9.59 Å². The summed E-state index contributed by atoms with van der Waals surface area (Å²) in [7, 11) is 0. The van der Waals surface area contributed by atoms with Crippen molar-refractivity contribution in [2.24, 2.45) is 0 Å². The third-order valence-electron chi connectivity index (χ3n) is 4.48. The van der Waals surface area contributed by atoms with E-state index in [1.165, 1.54) is 19.3 Å². The van der Waals surface area contributed by atoms with Crippen molar-refractivity contribution in [3.63, 3.8) is 0 Å². The molecule has 0 saturated carbocycles. The predicted octanol–water partition coefficient (Wildman–Crippen LogP) is 4.12. The lowest BCUT2D eigenvalue weighted by Crippen LogP contribution is -2.30. The van der Waals surface area contributed by atoms with Crippen molar-refractivity contribution in [3.8, 4) is 0 Å². The molecule has 0 bridgehead atoms. The van der Waals surface area contributed by atoms with E-state index in [1.807, 2.05) is 42.5 Å². The van der Waals surface area contributed by atoms with Crippen LogP contribution in [0.1, 0.15) is 54.9 Å². The highest BCUT2D eigenvalue weighted by atomic mass is 16.2. The Morgan fingerprint density at radius 3 is 2.43 bits per heavy atom. The number of carbonyl (C=O) groups excluding carboxylic acids is 2. The molecule has 5 nitrogen and oxygen atoms in total. The van der Waals surface area contributed by atoms with Gasteiger partial charge in [0.1, 0.15) is 0 Å². The number of rotatable bonds is 12. The normalized spacial score (nSPS) is 10.3. The molecule has 0 saturated heterocycles. The molecule has 2 amide bonds. The van der Waals surface area contributed by atoms with E-state index in [9.17, 15) is 9.59 Å². The number of amides is 2. The number of nitrogens with one attached hydrogen (secondary N) is 3. The molecule has 5 heteroatoms. The van der Waals surface area contributed by atoms with E-state index in [2.05, 4.69) is 22.9 Å². The zero-order chi connectivity index (χ0) is 20.0. The second kappa shape index (κ2) is 12.5. The summed E-state index contributed by atoms with van der Waals surface area (Å²) in [6.07, 6.45) is 5.87. The van der Waals surface area contributed by atoms with Crippen LogP contribution in [0.5, 0.6) is 0 Å². The predicted molar refractivity (Wildman–Crippen MR) is 114 cm³/mol. The minimum Gasteiger partial charge on any atom is -0.376 e. The van der Waals surface area contributed by atoms with E-state index >= 15 is 0 Å². The molecule has 0 aliphatic rings. The van der Waals surface area contributed by atoms with E-state index in [4.69, 9.17) is 0 Å². The Morgan fingerprint density at radius 2 is 1.64 bits per heavy atom. The topological polar surface area (TPSA) is 70.2 Å². The van der Waals surface area contributed by atoms with Gasteiger partial charge in [-0.2, -0.15) is 0 Å². The first kappa shape index (κ1) is 21.5. The number of hydrogen-bond acceptors (Lipinski definition) is 3. The standard InChI is InChI=1S/C23H31N3O2/c1-2-3-4-5-9-15-24-22(27)18-25-21-14-10-13-20(16-21)23(28)26-17-19-11-7-6-8-12-19/h6-8,10-14,16,25H,2-5,9,15,17-18H2,1H3,(H,24,27)(H,26,28). The van der Waals surface area contributed by atoms with E-state index in [0.29, 0.717) is 18.7 Å². The molecule has 0 heterocycles. The summed E-state index contributed by atoms with van der Waals surface area (Å²) in [5.74, 6) is -0.168. The fourth-order valence-corrected chi connectivity index (χ4v) is 2.85. The van der Waals surface area contributed by atoms with Crippen molar-refractivity contribution in [3.05, 3.63) is 65.7 Å². The molecular formula is C23H31N3O2. The smallest absolute Gasteiger partial charge is 0.251 e. The maximum absolute atomic E-state index is 12.3. The summed E-state index contributed by atoms with van der Waals surface area (Å²) in [5, 5.41) is 8.92. The summed E-state index contributed by atoms with van der Waals surface area (Å²) < 4.78 is 0. The van der Waals surface area contributed by atoms with Crippen LogP contribution in [0.2, 0.25) is 0 Å².